The fourth-order valence-corrected chi connectivity index (χ4v) is 3.97. The van der Waals surface area contributed by atoms with E-state index in [2.05, 4.69) is 24.9 Å². The van der Waals surface area contributed by atoms with Crippen molar-refractivity contribution < 1.29 is 4.79 Å². The van der Waals surface area contributed by atoms with Crippen LogP contribution in [0.5, 0.6) is 0 Å². The highest BCUT2D eigenvalue weighted by atomic mass is 32.2. The van der Waals surface area contributed by atoms with E-state index in [4.69, 9.17) is 0 Å². The summed E-state index contributed by atoms with van der Waals surface area (Å²) in [6.07, 6.45) is 3.90. The van der Waals surface area contributed by atoms with E-state index < -0.39 is 0 Å². The Morgan fingerprint density at radius 3 is 2.74 bits per heavy atom. The average Bonchev–Trinajstić information content (AvgIpc) is 3.04. The van der Waals surface area contributed by atoms with E-state index in [0.29, 0.717) is 5.25 Å². The molecule has 0 radical (unpaired) electrons. The van der Waals surface area contributed by atoms with Gasteiger partial charge in [0.25, 0.3) is 5.91 Å². The lowest BCUT2D eigenvalue weighted by Gasteiger charge is -2.26. The molecule has 0 saturated carbocycles. The molecule has 0 N–H and O–H groups in total. The second-order valence-electron chi connectivity index (χ2n) is 6.09. The molecule has 1 atom stereocenters. The summed E-state index contributed by atoms with van der Waals surface area (Å²) >= 11 is 1.77. The summed E-state index contributed by atoms with van der Waals surface area (Å²) in [5, 5.41) is 1.53. The molecule has 2 heterocycles. The van der Waals surface area contributed by atoms with Crippen molar-refractivity contribution in [1.82, 2.24) is 9.88 Å². The zero-order valence-corrected chi connectivity index (χ0v) is 14.4. The van der Waals surface area contributed by atoms with Crippen LogP contribution in [0.3, 0.4) is 0 Å². The quantitative estimate of drug-likeness (QED) is 0.772. The van der Waals surface area contributed by atoms with Crippen LogP contribution in [0.4, 0.5) is 0 Å². The molecule has 1 aliphatic rings. The number of benzene rings is 1. The molecule has 2 aromatic rings. The lowest BCUT2D eigenvalue weighted by atomic mass is 10.1. The van der Waals surface area contributed by atoms with Crippen LogP contribution < -0.4 is 0 Å². The van der Waals surface area contributed by atoms with E-state index in [0.717, 1.165) is 30.0 Å². The molecule has 1 fully saturated rings. The Labute approximate surface area is 142 Å². The van der Waals surface area contributed by atoms with Crippen LogP contribution in [-0.4, -0.2) is 27.6 Å². The minimum absolute atomic E-state index is 0.123. The van der Waals surface area contributed by atoms with Crippen molar-refractivity contribution in [2.24, 2.45) is 0 Å². The van der Waals surface area contributed by atoms with Crippen LogP contribution in [0.1, 0.15) is 48.7 Å². The van der Waals surface area contributed by atoms with E-state index in [9.17, 15) is 4.79 Å². The lowest BCUT2D eigenvalue weighted by molar-refractivity contribution is 0.0733. The Hall–Kier alpha value is -1.81. The summed E-state index contributed by atoms with van der Waals surface area (Å²) in [5.74, 6) is 0.123. The number of likely N-dealkylation sites (tertiary alicyclic amines) is 1. The molecular weight excluding hydrogens is 304 g/mol. The van der Waals surface area contributed by atoms with E-state index >= 15 is 0 Å². The van der Waals surface area contributed by atoms with E-state index in [-0.39, 0.29) is 11.9 Å². The van der Waals surface area contributed by atoms with E-state index in [1.54, 1.807) is 11.8 Å². The van der Waals surface area contributed by atoms with Gasteiger partial charge in [-0.2, -0.15) is 0 Å². The topological polar surface area (TPSA) is 33.2 Å². The van der Waals surface area contributed by atoms with Crippen LogP contribution in [0, 0.1) is 0 Å². The zero-order chi connectivity index (χ0) is 16.2. The number of hydrogen-bond acceptors (Lipinski definition) is 3. The molecule has 4 heteroatoms. The van der Waals surface area contributed by atoms with Crippen LogP contribution in [0.15, 0.2) is 53.7 Å². The van der Waals surface area contributed by atoms with Crippen molar-refractivity contribution in [3.63, 3.8) is 0 Å². The van der Waals surface area contributed by atoms with Gasteiger partial charge >= 0.3 is 0 Å². The fourth-order valence-electron chi connectivity index (χ4n) is 3.06. The maximum atomic E-state index is 12.9. The van der Waals surface area contributed by atoms with Gasteiger partial charge in [0.1, 0.15) is 5.03 Å². The third-order valence-electron chi connectivity index (χ3n) is 4.04. The minimum Gasteiger partial charge on any atom is -0.332 e. The second kappa shape index (κ2) is 7.18. The average molecular weight is 326 g/mol. The molecule has 1 saturated heterocycles. The predicted molar refractivity (Wildman–Crippen MR) is 94.7 cm³/mol. The fraction of sp³-hybridized carbons (Fsp3) is 0.368. The molecule has 1 aromatic heterocycles. The number of nitrogens with zero attached hydrogens (tertiary/aromatic N) is 2. The molecule has 0 bridgehead atoms. The maximum absolute atomic E-state index is 12.9. The molecule has 120 valence electrons. The number of carbonyl (C=O) groups excluding carboxylic acids is 1. The Balaban J connectivity index is 1.89. The highest BCUT2D eigenvalue weighted by molar-refractivity contribution is 7.99. The Kier molecular flexibility index (Phi) is 5.01. The summed E-state index contributed by atoms with van der Waals surface area (Å²) in [4.78, 5) is 19.4. The van der Waals surface area contributed by atoms with Crippen LogP contribution in [-0.2, 0) is 0 Å². The number of thioether (sulfide) groups is 1. The molecule has 3 rings (SSSR count). The van der Waals surface area contributed by atoms with Crippen molar-refractivity contribution in [3.05, 3.63) is 59.8 Å². The standard InChI is InChI=1S/C19H22N2OS/c1-14(2)23-18-16(10-6-12-20-18)17-11-7-13-21(17)19(22)15-8-4-3-5-9-15/h3-6,8-10,12,14,17H,7,11,13H2,1-2H3/t17-/m0/s1. The normalized spacial score (nSPS) is 17.7. The van der Waals surface area contributed by atoms with Crippen molar-refractivity contribution >= 4 is 17.7 Å². The Bertz CT molecular complexity index is 672. The Morgan fingerprint density at radius 2 is 2.00 bits per heavy atom. The molecular formula is C19H22N2OS. The molecule has 1 amide bonds. The van der Waals surface area contributed by atoms with Gasteiger partial charge < -0.3 is 4.90 Å². The van der Waals surface area contributed by atoms with Gasteiger partial charge in [-0.25, -0.2) is 4.98 Å². The van der Waals surface area contributed by atoms with Gasteiger partial charge in [0.15, 0.2) is 0 Å². The largest absolute Gasteiger partial charge is 0.332 e. The van der Waals surface area contributed by atoms with Gasteiger partial charge in [-0.3, -0.25) is 4.79 Å². The van der Waals surface area contributed by atoms with Gasteiger partial charge in [-0.15, -0.1) is 11.8 Å². The summed E-state index contributed by atoms with van der Waals surface area (Å²) in [6.45, 7) is 5.16. The van der Waals surface area contributed by atoms with Gasteiger partial charge in [-0.1, -0.05) is 38.1 Å². The third-order valence-corrected chi connectivity index (χ3v) is 5.08. The minimum atomic E-state index is 0.123. The van der Waals surface area contributed by atoms with Crippen molar-refractivity contribution in [2.75, 3.05) is 6.54 Å². The van der Waals surface area contributed by atoms with Gasteiger partial charge in [-0.05, 0) is 31.0 Å². The van der Waals surface area contributed by atoms with Crippen molar-refractivity contribution in [2.45, 2.75) is 43.0 Å². The Morgan fingerprint density at radius 1 is 1.22 bits per heavy atom. The van der Waals surface area contributed by atoms with Gasteiger partial charge in [0, 0.05) is 29.1 Å². The molecule has 0 spiro atoms. The summed E-state index contributed by atoms with van der Waals surface area (Å²) in [5.41, 5.74) is 1.95. The highest BCUT2D eigenvalue weighted by Crippen LogP contribution is 2.38. The number of hydrogen-bond donors (Lipinski definition) is 0. The van der Waals surface area contributed by atoms with Gasteiger partial charge in [0.2, 0.25) is 0 Å². The smallest absolute Gasteiger partial charge is 0.254 e. The number of rotatable bonds is 4. The molecule has 0 unspecified atom stereocenters. The second-order valence-corrected chi connectivity index (χ2v) is 7.65. The summed E-state index contributed by atoms with van der Waals surface area (Å²) in [7, 11) is 0. The predicted octanol–water partition coefficient (Wildman–Crippen LogP) is 4.56. The molecule has 3 nitrogen and oxygen atoms in total. The van der Waals surface area contributed by atoms with Gasteiger partial charge in [0.05, 0.1) is 6.04 Å². The zero-order valence-electron chi connectivity index (χ0n) is 13.6. The van der Waals surface area contributed by atoms with Crippen molar-refractivity contribution in [1.29, 1.82) is 0 Å². The molecule has 0 aliphatic carbocycles. The first-order valence-corrected chi connectivity index (χ1v) is 9.02. The highest BCUT2D eigenvalue weighted by Gasteiger charge is 2.32. The van der Waals surface area contributed by atoms with E-state index in [1.165, 1.54) is 5.56 Å². The molecule has 23 heavy (non-hydrogen) atoms. The summed E-state index contributed by atoms with van der Waals surface area (Å²) in [6, 6.07) is 13.8. The summed E-state index contributed by atoms with van der Waals surface area (Å²) < 4.78 is 0. The van der Waals surface area contributed by atoms with E-state index in [1.807, 2.05) is 47.5 Å². The number of carbonyl (C=O) groups is 1. The van der Waals surface area contributed by atoms with Crippen LogP contribution in [0.25, 0.3) is 0 Å². The van der Waals surface area contributed by atoms with Crippen LogP contribution in [0.2, 0.25) is 0 Å². The maximum Gasteiger partial charge on any atom is 0.254 e. The first kappa shape index (κ1) is 16.1. The number of amides is 1. The lowest BCUT2D eigenvalue weighted by Crippen LogP contribution is -2.30. The molecule has 1 aliphatic heterocycles. The van der Waals surface area contributed by atoms with Crippen molar-refractivity contribution in [3.8, 4) is 0 Å². The SMILES string of the molecule is CC(C)Sc1ncccc1[C@@H]1CCCN1C(=O)c1ccccc1. The third kappa shape index (κ3) is 3.58. The number of aromatic nitrogens is 1. The number of pyridine rings is 1. The first-order valence-electron chi connectivity index (χ1n) is 8.14. The monoisotopic (exact) mass is 326 g/mol. The molecule has 1 aromatic carbocycles. The first-order chi connectivity index (χ1) is 11.2. The van der Waals surface area contributed by atoms with Crippen LogP contribution >= 0.6 is 11.8 Å².